The standard InChI is InChI=1S/C32H36N2S/c1-21(33-27-19-13-11-17-25(27)31(3,4)5)29-23-15-9-10-16-24(23)30(35-29)22(2)34-28-20-14-12-18-26(28)32(6,7)8/h9-20H,1-8H3. The van der Waals surface area contributed by atoms with Gasteiger partial charge in [0.25, 0.3) is 0 Å². The molecule has 0 aliphatic heterocycles. The average molecular weight is 481 g/mol. The largest absolute Gasteiger partial charge is 0.252 e. The fourth-order valence-electron chi connectivity index (χ4n) is 4.50. The lowest BCUT2D eigenvalue weighted by Gasteiger charge is -2.21. The van der Waals surface area contributed by atoms with Crippen molar-refractivity contribution in [1.82, 2.24) is 0 Å². The van der Waals surface area contributed by atoms with E-state index in [0.717, 1.165) is 22.8 Å². The van der Waals surface area contributed by atoms with Gasteiger partial charge in [-0.25, -0.2) is 0 Å². The van der Waals surface area contributed by atoms with Crippen molar-refractivity contribution in [1.29, 1.82) is 0 Å². The molecule has 0 amide bonds. The van der Waals surface area contributed by atoms with Crippen LogP contribution in [0.5, 0.6) is 0 Å². The summed E-state index contributed by atoms with van der Waals surface area (Å²) in [5.74, 6) is 0. The molecule has 0 atom stereocenters. The van der Waals surface area contributed by atoms with Gasteiger partial charge in [-0.05, 0) is 47.9 Å². The zero-order valence-corrected chi connectivity index (χ0v) is 23.0. The minimum Gasteiger partial charge on any atom is -0.252 e. The van der Waals surface area contributed by atoms with Crippen LogP contribution in [0.1, 0.15) is 76.3 Å². The summed E-state index contributed by atoms with van der Waals surface area (Å²) in [6, 6.07) is 25.6. The summed E-state index contributed by atoms with van der Waals surface area (Å²) in [7, 11) is 0. The van der Waals surface area contributed by atoms with E-state index >= 15 is 0 Å². The van der Waals surface area contributed by atoms with Crippen molar-refractivity contribution in [2.45, 2.75) is 66.2 Å². The van der Waals surface area contributed by atoms with Gasteiger partial charge in [-0.1, -0.05) is 102 Å². The SMILES string of the molecule is CC(=Nc1ccccc1C(C)(C)C)c1sc(C(C)=Nc2ccccc2C(C)(C)C)c2ccccc12. The van der Waals surface area contributed by atoms with Crippen molar-refractivity contribution >= 4 is 44.9 Å². The minimum atomic E-state index is 0.0345. The van der Waals surface area contributed by atoms with Gasteiger partial charge in [-0.3, -0.25) is 9.98 Å². The van der Waals surface area contributed by atoms with E-state index in [1.165, 1.54) is 31.7 Å². The molecule has 0 bridgehead atoms. The molecule has 0 aliphatic carbocycles. The van der Waals surface area contributed by atoms with Crippen molar-refractivity contribution in [3.63, 3.8) is 0 Å². The van der Waals surface area contributed by atoms with E-state index in [9.17, 15) is 0 Å². The quantitative estimate of drug-likeness (QED) is 0.260. The third-order valence-electron chi connectivity index (χ3n) is 6.28. The zero-order valence-electron chi connectivity index (χ0n) is 22.2. The smallest absolute Gasteiger partial charge is 0.0670 e. The molecule has 3 aromatic carbocycles. The Morgan fingerprint density at radius 2 is 0.886 bits per heavy atom. The number of rotatable bonds is 4. The highest BCUT2D eigenvalue weighted by Gasteiger charge is 2.20. The van der Waals surface area contributed by atoms with E-state index in [1.54, 1.807) is 11.3 Å². The number of fused-ring (bicyclic) bond motifs is 1. The number of hydrogen-bond donors (Lipinski definition) is 0. The van der Waals surface area contributed by atoms with E-state index in [4.69, 9.17) is 9.98 Å². The summed E-state index contributed by atoms with van der Waals surface area (Å²) >= 11 is 1.79. The molecule has 0 saturated carbocycles. The summed E-state index contributed by atoms with van der Waals surface area (Å²) in [5.41, 5.74) is 6.75. The lowest BCUT2D eigenvalue weighted by molar-refractivity contribution is 0.591. The van der Waals surface area contributed by atoms with Crippen molar-refractivity contribution in [3.05, 3.63) is 93.7 Å². The van der Waals surface area contributed by atoms with E-state index in [-0.39, 0.29) is 10.8 Å². The van der Waals surface area contributed by atoms with Crippen LogP contribution in [0.25, 0.3) is 10.8 Å². The summed E-state index contributed by atoms with van der Waals surface area (Å²) < 4.78 is 0. The molecule has 0 aliphatic rings. The molecule has 0 spiro atoms. The molecular formula is C32H36N2S. The number of nitrogens with zero attached hydrogens (tertiary/aromatic N) is 2. The van der Waals surface area contributed by atoms with Crippen LogP contribution in [-0.2, 0) is 10.8 Å². The van der Waals surface area contributed by atoms with Crippen molar-refractivity contribution < 1.29 is 0 Å². The second kappa shape index (κ2) is 9.54. The van der Waals surface area contributed by atoms with Crippen LogP contribution in [0.2, 0.25) is 0 Å². The highest BCUT2D eigenvalue weighted by Crippen LogP contribution is 2.37. The molecule has 0 saturated heterocycles. The minimum absolute atomic E-state index is 0.0345. The van der Waals surface area contributed by atoms with E-state index in [1.807, 2.05) is 0 Å². The second-order valence-corrected chi connectivity index (χ2v) is 12.3. The predicted molar refractivity (Wildman–Crippen MR) is 156 cm³/mol. The molecule has 1 aromatic heterocycles. The Hall–Kier alpha value is -3.04. The number of aliphatic imine (C=N–C) groups is 2. The van der Waals surface area contributed by atoms with Crippen LogP contribution >= 0.6 is 11.3 Å². The molecule has 3 heteroatoms. The Morgan fingerprint density at radius 1 is 0.543 bits per heavy atom. The lowest BCUT2D eigenvalue weighted by atomic mass is 9.86. The zero-order chi connectivity index (χ0) is 25.4. The number of hydrogen-bond acceptors (Lipinski definition) is 3. The Labute approximate surface area is 214 Å². The molecule has 0 N–H and O–H groups in total. The van der Waals surface area contributed by atoms with Gasteiger partial charge in [0.1, 0.15) is 0 Å². The van der Waals surface area contributed by atoms with Crippen molar-refractivity contribution in [3.8, 4) is 0 Å². The van der Waals surface area contributed by atoms with Gasteiger partial charge < -0.3 is 0 Å². The fraction of sp³-hybridized carbons (Fsp3) is 0.312. The number of para-hydroxylation sites is 2. The molecule has 180 valence electrons. The molecule has 4 aromatic rings. The number of thiophene rings is 1. The maximum absolute atomic E-state index is 5.14. The summed E-state index contributed by atoms with van der Waals surface area (Å²) in [6.45, 7) is 17.7. The molecule has 0 radical (unpaired) electrons. The normalized spacial score (nSPS) is 13.5. The van der Waals surface area contributed by atoms with Gasteiger partial charge in [0, 0.05) is 10.8 Å². The van der Waals surface area contributed by atoms with Gasteiger partial charge in [-0.2, -0.15) is 0 Å². The third kappa shape index (κ3) is 5.31. The molecule has 4 rings (SSSR count). The van der Waals surface area contributed by atoms with Crippen molar-refractivity contribution in [2.75, 3.05) is 0 Å². The topological polar surface area (TPSA) is 24.7 Å². The van der Waals surface area contributed by atoms with Crippen molar-refractivity contribution in [2.24, 2.45) is 9.98 Å². The van der Waals surface area contributed by atoms with Crippen LogP contribution < -0.4 is 0 Å². The van der Waals surface area contributed by atoms with Crippen LogP contribution in [0, 0.1) is 0 Å². The average Bonchev–Trinajstić information content (AvgIpc) is 3.18. The van der Waals surface area contributed by atoms with Gasteiger partial charge in [-0.15, -0.1) is 11.3 Å². The highest BCUT2D eigenvalue weighted by molar-refractivity contribution is 7.18. The first-order chi connectivity index (χ1) is 16.5. The maximum Gasteiger partial charge on any atom is 0.0670 e. The maximum atomic E-state index is 5.14. The molecular weight excluding hydrogens is 444 g/mol. The third-order valence-corrected chi connectivity index (χ3v) is 7.72. The highest BCUT2D eigenvalue weighted by atomic mass is 32.1. The fourth-order valence-corrected chi connectivity index (χ4v) is 5.67. The molecule has 1 heterocycles. The molecule has 0 fully saturated rings. The Kier molecular flexibility index (Phi) is 6.83. The van der Waals surface area contributed by atoms with E-state index in [0.29, 0.717) is 0 Å². The van der Waals surface area contributed by atoms with Crippen LogP contribution in [0.15, 0.2) is 82.8 Å². The Balaban J connectivity index is 1.85. The van der Waals surface area contributed by atoms with Crippen LogP contribution in [0.3, 0.4) is 0 Å². The van der Waals surface area contributed by atoms with Crippen LogP contribution in [-0.4, -0.2) is 11.4 Å². The first kappa shape index (κ1) is 25.1. The Bertz CT molecular complexity index is 1310. The monoisotopic (exact) mass is 480 g/mol. The van der Waals surface area contributed by atoms with E-state index in [2.05, 4.69) is 128 Å². The van der Waals surface area contributed by atoms with Gasteiger partial charge in [0.05, 0.1) is 32.6 Å². The summed E-state index contributed by atoms with van der Waals surface area (Å²) in [5, 5.41) is 2.47. The van der Waals surface area contributed by atoms with Gasteiger partial charge in [0.15, 0.2) is 0 Å². The first-order valence-electron chi connectivity index (χ1n) is 12.3. The Morgan fingerprint density at radius 3 is 1.26 bits per heavy atom. The summed E-state index contributed by atoms with van der Waals surface area (Å²) in [4.78, 5) is 12.7. The first-order valence-corrected chi connectivity index (χ1v) is 13.1. The lowest BCUT2D eigenvalue weighted by Crippen LogP contribution is -2.11. The number of benzene rings is 3. The van der Waals surface area contributed by atoms with E-state index < -0.39 is 0 Å². The summed E-state index contributed by atoms with van der Waals surface area (Å²) in [6.07, 6.45) is 0. The van der Waals surface area contributed by atoms with Crippen LogP contribution in [0.4, 0.5) is 11.4 Å². The van der Waals surface area contributed by atoms with Gasteiger partial charge >= 0.3 is 0 Å². The van der Waals surface area contributed by atoms with Gasteiger partial charge in [0.2, 0.25) is 0 Å². The molecule has 2 nitrogen and oxygen atoms in total. The molecule has 0 unspecified atom stereocenters. The second-order valence-electron chi connectivity index (χ2n) is 11.2. The predicted octanol–water partition coefficient (Wildman–Crippen LogP) is 9.78. The molecule has 35 heavy (non-hydrogen) atoms.